The molecular formula is C30H27ClHgN2O3. The molecule has 3 aromatic rings. The summed E-state index contributed by atoms with van der Waals surface area (Å²) in [5.74, 6) is 0.298. The fourth-order valence-electron chi connectivity index (χ4n) is 7.56. The van der Waals surface area contributed by atoms with Gasteiger partial charge in [0.1, 0.15) is 0 Å². The Labute approximate surface area is 232 Å². The van der Waals surface area contributed by atoms with Gasteiger partial charge in [0.25, 0.3) is 0 Å². The third kappa shape index (κ3) is 3.50. The Hall–Kier alpha value is -2.21. The first-order chi connectivity index (χ1) is 18.1. The first-order valence-corrected chi connectivity index (χ1v) is 23.0. The fourth-order valence-corrected chi connectivity index (χ4v) is 16.3. The van der Waals surface area contributed by atoms with Crippen LogP contribution in [0.25, 0.3) is 0 Å². The van der Waals surface area contributed by atoms with Crippen molar-refractivity contribution >= 4 is 25.8 Å². The van der Waals surface area contributed by atoms with Crippen molar-refractivity contribution in [2.75, 3.05) is 11.5 Å². The zero-order chi connectivity index (χ0) is 25.1. The molecule has 1 saturated carbocycles. The summed E-state index contributed by atoms with van der Waals surface area (Å²) in [6.45, 7) is 1.60. The molecule has 1 aliphatic carbocycles. The summed E-state index contributed by atoms with van der Waals surface area (Å²) in [5, 5.41) is 0. The zero-order valence-corrected chi connectivity index (χ0v) is 26.8. The molecule has 4 heterocycles. The van der Waals surface area contributed by atoms with Crippen molar-refractivity contribution in [2.45, 2.75) is 40.5 Å². The molecule has 37 heavy (non-hydrogen) atoms. The maximum atomic E-state index is 14.7. The molecule has 4 aliphatic heterocycles. The number of para-hydroxylation sites is 1. The molecule has 7 heteroatoms. The Bertz CT molecular complexity index is 1360. The average molecular weight is 700 g/mol. The van der Waals surface area contributed by atoms with E-state index < -0.39 is 28.8 Å². The Morgan fingerprint density at radius 1 is 0.892 bits per heavy atom. The van der Waals surface area contributed by atoms with Crippen LogP contribution in [0.5, 0.6) is 0 Å². The third-order valence-electron chi connectivity index (χ3n) is 9.12. The van der Waals surface area contributed by atoms with E-state index in [2.05, 4.69) is 41.3 Å². The van der Waals surface area contributed by atoms with Crippen LogP contribution >= 0.6 is 8.25 Å². The van der Waals surface area contributed by atoms with Crippen LogP contribution in [0.4, 0.5) is 5.69 Å². The number of ether oxygens (including phenoxy) is 1. The summed E-state index contributed by atoms with van der Waals surface area (Å²) < 4.78 is 6.65. The van der Waals surface area contributed by atoms with E-state index in [1.54, 1.807) is 0 Å². The molecule has 6 atom stereocenters. The number of amides is 2. The second kappa shape index (κ2) is 9.21. The Morgan fingerprint density at radius 2 is 1.54 bits per heavy atom. The van der Waals surface area contributed by atoms with Crippen molar-refractivity contribution in [1.82, 2.24) is 4.90 Å². The normalized spacial score (nSPS) is 31.5. The van der Waals surface area contributed by atoms with E-state index in [1.807, 2.05) is 53.4 Å². The number of fused-ring (bicyclic) bond motifs is 2. The molecular weight excluding hydrogens is 672 g/mol. The number of halogens is 1. The van der Waals surface area contributed by atoms with Gasteiger partial charge in [-0.3, -0.25) is 0 Å². The van der Waals surface area contributed by atoms with Crippen LogP contribution in [0.1, 0.15) is 23.1 Å². The minimum absolute atomic E-state index is 0.00683. The zero-order valence-electron chi connectivity index (χ0n) is 20.5. The quantitative estimate of drug-likeness (QED) is 0.355. The van der Waals surface area contributed by atoms with Gasteiger partial charge in [-0.1, -0.05) is 0 Å². The summed E-state index contributed by atoms with van der Waals surface area (Å²) in [4.78, 5) is 32.6. The number of benzene rings is 3. The van der Waals surface area contributed by atoms with Crippen molar-refractivity contribution in [3.63, 3.8) is 0 Å². The van der Waals surface area contributed by atoms with Gasteiger partial charge in [0.05, 0.1) is 0 Å². The summed E-state index contributed by atoms with van der Waals surface area (Å²) in [6, 6.07) is 28.5. The van der Waals surface area contributed by atoms with Gasteiger partial charge in [0.15, 0.2) is 0 Å². The number of carbonyl (C=O) groups excluding carboxylic acids is 2. The molecule has 0 unspecified atom stereocenters. The van der Waals surface area contributed by atoms with E-state index in [-0.39, 0.29) is 39.2 Å². The molecule has 0 aromatic heterocycles. The Kier molecular flexibility index (Phi) is 5.94. The van der Waals surface area contributed by atoms with Crippen LogP contribution in [0.3, 0.4) is 0 Å². The second-order valence-electron chi connectivity index (χ2n) is 10.9. The van der Waals surface area contributed by atoms with Gasteiger partial charge in [0, 0.05) is 0 Å². The fraction of sp³-hybridized carbons (Fsp3) is 0.333. The van der Waals surface area contributed by atoms with Crippen LogP contribution in [-0.2, 0) is 56.2 Å². The molecule has 3 saturated heterocycles. The second-order valence-corrected chi connectivity index (χ2v) is 18.4. The van der Waals surface area contributed by atoms with Gasteiger partial charge < -0.3 is 0 Å². The van der Waals surface area contributed by atoms with Gasteiger partial charge in [-0.15, -0.1) is 0 Å². The van der Waals surface area contributed by atoms with E-state index in [1.165, 1.54) is 0 Å². The summed E-state index contributed by atoms with van der Waals surface area (Å²) in [5.41, 5.74) is 3.41. The summed E-state index contributed by atoms with van der Waals surface area (Å²) >= 11 is -2.04. The Balaban J connectivity index is 1.35. The molecule has 0 N–H and O–H groups in total. The van der Waals surface area contributed by atoms with Crippen LogP contribution < -0.4 is 4.90 Å². The average Bonchev–Trinajstić information content (AvgIpc) is 3.19. The predicted octanol–water partition coefficient (Wildman–Crippen LogP) is 4.94. The van der Waals surface area contributed by atoms with Crippen molar-refractivity contribution in [2.24, 2.45) is 11.8 Å². The van der Waals surface area contributed by atoms with Crippen LogP contribution in [-0.4, -0.2) is 35.5 Å². The standard InChI is InChI=1S/C30H27N2O3.ClH.Hg/c33-28-22-15-27-30(16-26(23(22)19-35-27)31(28)17-20-9-3-1-4-10-20)24-13-7-8-14-25(24)32(29(30)34)18-21-11-5-2-6-12-21;;/h1-15,22-23,26-27H,16-19H2;1H;/q;;+1/p-1/t22-,23+,26+,27+,30+;;/m0../s1. The molecule has 3 aromatic carbocycles. The Morgan fingerprint density at radius 3 is 2.24 bits per heavy atom. The first kappa shape index (κ1) is 23.9. The number of likely N-dealkylation sites (tertiary alicyclic amines) is 1. The number of rotatable bonds is 5. The van der Waals surface area contributed by atoms with Crippen LogP contribution in [0, 0.1) is 11.8 Å². The van der Waals surface area contributed by atoms with E-state index in [0.717, 1.165) is 22.4 Å². The molecule has 5 aliphatic rings. The van der Waals surface area contributed by atoms with E-state index in [0.29, 0.717) is 26.1 Å². The SMILES string of the molecule is O=C1[C@@H]2[C@H]3CO[C@H]([C@@H]2[Hg][Cl])[C@]2(C[C@H]3N1Cc1ccccc1)C(=O)N(Cc1ccccc1)c1ccccc12. The third-order valence-corrected chi connectivity index (χ3v) is 17.3. The number of hydrogen-bond donors (Lipinski definition) is 0. The van der Waals surface area contributed by atoms with Gasteiger partial charge in [-0.2, -0.15) is 0 Å². The minimum atomic E-state index is -2.04. The van der Waals surface area contributed by atoms with E-state index in [4.69, 9.17) is 13.0 Å². The summed E-state index contributed by atoms with van der Waals surface area (Å²) in [7, 11) is 6.86. The number of nitrogens with zero attached hydrogens (tertiary/aromatic N) is 2. The molecule has 1 spiro atoms. The first-order valence-electron chi connectivity index (χ1n) is 13.1. The number of anilines is 1. The molecule has 5 nitrogen and oxygen atoms in total. The van der Waals surface area contributed by atoms with E-state index >= 15 is 0 Å². The molecule has 0 radical (unpaired) electrons. The van der Waals surface area contributed by atoms with E-state index in [9.17, 15) is 9.59 Å². The van der Waals surface area contributed by atoms with Gasteiger partial charge >= 0.3 is 234 Å². The van der Waals surface area contributed by atoms with Crippen molar-refractivity contribution < 1.29 is 37.7 Å². The van der Waals surface area contributed by atoms with Crippen molar-refractivity contribution in [1.29, 1.82) is 0 Å². The van der Waals surface area contributed by atoms with Crippen LogP contribution in [0.2, 0.25) is 3.43 Å². The molecule has 184 valence electrons. The van der Waals surface area contributed by atoms with Gasteiger partial charge in [-0.05, 0) is 0 Å². The number of carbonyl (C=O) groups is 2. The molecule has 8 rings (SSSR count). The molecule has 4 fully saturated rings. The van der Waals surface area contributed by atoms with Gasteiger partial charge in [0.2, 0.25) is 0 Å². The van der Waals surface area contributed by atoms with Crippen molar-refractivity contribution in [3.05, 3.63) is 102 Å². The van der Waals surface area contributed by atoms with Crippen molar-refractivity contribution in [3.8, 4) is 0 Å². The monoisotopic (exact) mass is 700 g/mol. The number of hydrogen-bond acceptors (Lipinski definition) is 3. The topological polar surface area (TPSA) is 49.9 Å². The maximum absolute atomic E-state index is 14.7. The van der Waals surface area contributed by atoms with Gasteiger partial charge in [-0.25, -0.2) is 0 Å². The molecule has 2 amide bonds. The molecule has 4 bridgehead atoms. The predicted molar refractivity (Wildman–Crippen MR) is 137 cm³/mol. The summed E-state index contributed by atoms with van der Waals surface area (Å²) in [6.07, 6.45) is 0.273. The van der Waals surface area contributed by atoms with Crippen LogP contribution in [0.15, 0.2) is 84.9 Å².